The minimum absolute atomic E-state index is 0.166. The first-order chi connectivity index (χ1) is 7.10. The van der Waals surface area contributed by atoms with E-state index in [-0.39, 0.29) is 5.37 Å². The molecule has 0 aliphatic heterocycles. The molecule has 0 rings (SSSR count). The fourth-order valence-corrected chi connectivity index (χ4v) is 3.56. The highest BCUT2D eigenvalue weighted by molar-refractivity contribution is 7.80. The minimum Gasteiger partial charge on any atom is -0.377 e. The van der Waals surface area contributed by atoms with Gasteiger partial charge in [0.25, 0.3) is 0 Å². The molecule has 0 saturated carbocycles. The van der Waals surface area contributed by atoms with Gasteiger partial charge in [-0.3, -0.25) is 0 Å². The Morgan fingerprint density at radius 1 is 1.33 bits per heavy atom. The average Bonchev–Trinajstić information content (AvgIpc) is 2.23. The van der Waals surface area contributed by atoms with Crippen molar-refractivity contribution in [2.24, 2.45) is 11.5 Å². The number of hydrogen-bond acceptors (Lipinski definition) is 6. The highest BCUT2D eigenvalue weighted by Gasteiger charge is 2.38. The van der Waals surface area contributed by atoms with Crippen molar-refractivity contribution in [1.82, 2.24) is 0 Å². The second-order valence-electron chi connectivity index (χ2n) is 3.19. The van der Waals surface area contributed by atoms with Crippen molar-refractivity contribution < 1.29 is 13.3 Å². The Morgan fingerprint density at radius 3 is 2.33 bits per heavy atom. The van der Waals surface area contributed by atoms with Gasteiger partial charge in [-0.25, -0.2) is 0 Å². The molecule has 0 amide bonds. The van der Waals surface area contributed by atoms with Crippen LogP contribution in [0.4, 0.5) is 0 Å². The van der Waals surface area contributed by atoms with E-state index in [1.807, 2.05) is 0 Å². The first-order valence-electron chi connectivity index (χ1n) is 4.98. The van der Waals surface area contributed by atoms with Crippen LogP contribution in [0, 0.1) is 0 Å². The number of hydrogen-bond donors (Lipinski definition) is 3. The molecule has 1 atom stereocenters. The zero-order valence-corrected chi connectivity index (χ0v) is 11.3. The molecule has 15 heavy (non-hydrogen) atoms. The molecular formula is C8H22N2O3SSi. The molecule has 0 aliphatic carbocycles. The third kappa shape index (κ3) is 6.51. The highest BCUT2D eigenvalue weighted by Crippen LogP contribution is 2.17. The maximum Gasteiger partial charge on any atom is 0.500 e. The lowest BCUT2D eigenvalue weighted by atomic mass is 10.5. The van der Waals surface area contributed by atoms with E-state index in [1.165, 1.54) is 0 Å². The molecule has 0 saturated heterocycles. The Kier molecular flexibility index (Phi) is 8.72. The Hall–Kier alpha value is 0.367. The number of nitrogens with two attached hydrogens (primary N) is 2. The van der Waals surface area contributed by atoms with Gasteiger partial charge in [0.1, 0.15) is 0 Å². The van der Waals surface area contributed by atoms with Crippen LogP contribution in [0.25, 0.3) is 0 Å². The fourth-order valence-electron chi connectivity index (χ4n) is 1.11. The second-order valence-corrected chi connectivity index (χ2v) is 6.82. The third-order valence-corrected chi connectivity index (χ3v) is 5.09. The molecule has 0 aromatic heterocycles. The van der Waals surface area contributed by atoms with Crippen molar-refractivity contribution in [3.63, 3.8) is 0 Å². The maximum atomic E-state index is 5.64. The van der Waals surface area contributed by atoms with Gasteiger partial charge in [-0.15, -0.1) is 0 Å². The summed E-state index contributed by atoms with van der Waals surface area (Å²) < 4.78 is 16.3. The van der Waals surface area contributed by atoms with E-state index in [9.17, 15) is 0 Å². The molecule has 5 nitrogen and oxygen atoms in total. The topological polar surface area (TPSA) is 79.7 Å². The van der Waals surface area contributed by atoms with Crippen LogP contribution in [0.3, 0.4) is 0 Å². The minimum atomic E-state index is -2.53. The van der Waals surface area contributed by atoms with Gasteiger partial charge in [-0.1, -0.05) is 0 Å². The molecule has 0 fully saturated rings. The van der Waals surface area contributed by atoms with E-state index >= 15 is 0 Å². The van der Waals surface area contributed by atoms with E-state index in [4.69, 9.17) is 24.7 Å². The smallest absolute Gasteiger partial charge is 0.377 e. The van der Waals surface area contributed by atoms with Gasteiger partial charge < -0.3 is 24.7 Å². The fraction of sp³-hybridized carbons (Fsp3) is 1.00. The lowest BCUT2D eigenvalue weighted by Gasteiger charge is -2.26. The van der Waals surface area contributed by atoms with E-state index in [0.717, 1.165) is 6.42 Å². The number of rotatable bonds is 9. The van der Waals surface area contributed by atoms with E-state index < -0.39 is 8.80 Å². The van der Waals surface area contributed by atoms with Gasteiger partial charge in [0.2, 0.25) is 0 Å². The molecule has 0 heterocycles. The summed E-state index contributed by atoms with van der Waals surface area (Å²) in [4.78, 5) is 0. The molecule has 0 aromatic carbocycles. The summed E-state index contributed by atoms with van der Waals surface area (Å²) >= 11 is 4.11. The van der Waals surface area contributed by atoms with Gasteiger partial charge in [0.15, 0.2) is 0 Å². The third-order valence-electron chi connectivity index (χ3n) is 2.04. The largest absolute Gasteiger partial charge is 0.500 e. The summed E-state index contributed by atoms with van der Waals surface area (Å²) in [6.07, 6.45) is 1.51. The van der Waals surface area contributed by atoms with Crippen LogP contribution < -0.4 is 11.5 Å². The second kappa shape index (κ2) is 8.51. The zero-order chi connectivity index (χ0) is 11.7. The SMILES string of the molecule is CO[Si](CCC(N)S)(OC)OCCCN. The quantitative estimate of drug-likeness (QED) is 0.237. The molecule has 7 heteroatoms. The van der Waals surface area contributed by atoms with Crippen molar-refractivity contribution in [1.29, 1.82) is 0 Å². The predicted molar refractivity (Wildman–Crippen MR) is 65.8 cm³/mol. The van der Waals surface area contributed by atoms with Gasteiger partial charge in [0.05, 0.1) is 0 Å². The van der Waals surface area contributed by atoms with Crippen LogP contribution in [0.5, 0.6) is 0 Å². The van der Waals surface area contributed by atoms with Crippen LogP contribution in [-0.4, -0.2) is 41.5 Å². The van der Waals surface area contributed by atoms with Gasteiger partial charge in [-0.2, -0.15) is 12.6 Å². The Balaban J connectivity index is 4.05. The number of thiol groups is 1. The van der Waals surface area contributed by atoms with Crippen LogP contribution in [0.15, 0.2) is 0 Å². The summed E-state index contributed by atoms with van der Waals surface area (Å²) in [5.74, 6) is 0. The summed E-state index contributed by atoms with van der Waals surface area (Å²) in [5, 5.41) is -0.166. The van der Waals surface area contributed by atoms with Crippen LogP contribution in [0.1, 0.15) is 12.8 Å². The Morgan fingerprint density at radius 2 is 1.93 bits per heavy atom. The molecule has 4 N–H and O–H groups in total. The lowest BCUT2D eigenvalue weighted by molar-refractivity contribution is 0.0971. The lowest BCUT2D eigenvalue weighted by Crippen LogP contribution is -2.45. The predicted octanol–water partition coefficient (Wildman–Crippen LogP) is 0.188. The molecule has 0 radical (unpaired) electrons. The van der Waals surface area contributed by atoms with E-state index in [0.29, 0.717) is 25.6 Å². The maximum absolute atomic E-state index is 5.64. The molecular weight excluding hydrogens is 232 g/mol. The Bertz CT molecular complexity index is 159. The zero-order valence-electron chi connectivity index (χ0n) is 9.44. The van der Waals surface area contributed by atoms with Gasteiger partial charge in [0, 0.05) is 32.2 Å². The molecule has 0 bridgehead atoms. The average molecular weight is 254 g/mol. The molecule has 0 spiro atoms. The van der Waals surface area contributed by atoms with Crippen LogP contribution in [-0.2, 0) is 13.3 Å². The van der Waals surface area contributed by atoms with Crippen molar-refractivity contribution in [2.75, 3.05) is 27.4 Å². The van der Waals surface area contributed by atoms with Crippen molar-refractivity contribution in [3.05, 3.63) is 0 Å². The van der Waals surface area contributed by atoms with E-state index in [2.05, 4.69) is 12.6 Å². The van der Waals surface area contributed by atoms with Crippen molar-refractivity contribution >= 4 is 21.4 Å². The van der Waals surface area contributed by atoms with Gasteiger partial charge >= 0.3 is 8.80 Å². The summed E-state index contributed by atoms with van der Waals surface area (Å²) in [5.41, 5.74) is 10.9. The van der Waals surface area contributed by atoms with Crippen molar-refractivity contribution in [3.8, 4) is 0 Å². The molecule has 92 valence electrons. The molecule has 1 unspecified atom stereocenters. The van der Waals surface area contributed by atoms with Crippen LogP contribution >= 0.6 is 12.6 Å². The van der Waals surface area contributed by atoms with Gasteiger partial charge in [-0.05, 0) is 19.4 Å². The first kappa shape index (κ1) is 15.4. The van der Waals surface area contributed by atoms with Crippen LogP contribution in [0.2, 0.25) is 6.04 Å². The summed E-state index contributed by atoms with van der Waals surface area (Å²) in [6.45, 7) is 1.16. The molecule has 0 aromatic rings. The van der Waals surface area contributed by atoms with E-state index in [1.54, 1.807) is 14.2 Å². The Labute approximate surface area is 98.2 Å². The first-order valence-corrected chi connectivity index (χ1v) is 7.43. The monoisotopic (exact) mass is 254 g/mol. The summed E-state index contributed by atoms with van der Waals surface area (Å²) in [6, 6.07) is 0.676. The standard InChI is InChI=1S/C8H22N2O3SSi/c1-11-15(12-2,7-4-8(10)14)13-6-3-5-9/h8,14H,3-7,9-10H2,1-2H3. The summed E-state index contributed by atoms with van der Waals surface area (Å²) in [7, 11) is 0.671. The molecule has 0 aliphatic rings. The van der Waals surface area contributed by atoms with Crippen molar-refractivity contribution in [2.45, 2.75) is 24.3 Å². The normalized spacial score (nSPS) is 14.2. The highest BCUT2D eigenvalue weighted by atomic mass is 32.1.